The van der Waals surface area contributed by atoms with Gasteiger partial charge in [-0.1, -0.05) is 0 Å². The molecule has 18 heavy (non-hydrogen) atoms. The summed E-state index contributed by atoms with van der Waals surface area (Å²) in [5, 5.41) is 0. The number of alkyl halides is 3. The summed E-state index contributed by atoms with van der Waals surface area (Å²) in [5.41, 5.74) is -0.0595. The molecule has 1 aromatic rings. The van der Waals surface area contributed by atoms with Crippen molar-refractivity contribution < 1.29 is 22.6 Å². The van der Waals surface area contributed by atoms with Crippen molar-refractivity contribution in [2.24, 2.45) is 0 Å². The van der Waals surface area contributed by atoms with E-state index in [1.165, 1.54) is 7.11 Å². The van der Waals surface area contributed by atoms with E-state index in [4.69, 9.17) is 4.74 Å². The Morgan fingerprint density at radius 2 is 2.06 bits per heavy atom. The quantitative estimate of drug-likeness (QED) is 0.791. The summed E-state index contributed by atoms with van der Waals surface area (Å²) in [6.07, 6.45) is -4.40. The number of nitrogens with one attached hydrogen (secondary N) is 1. The lowest BCUT2D eigenvalue weighted by Crippen LogP contribution is -2.21. The molecule has 0 saturated heterocycles. The van der Waals surface area contributed by atoms with Crippen molar-refractivity contribution >= 4 is 22.6 Å². The van der Waals surface area contributed by atoms with Crippen molar-refractivity contribution in [1.82, 2.24) is 9.97 Å². The highest BCUT2D eigenvalue weighted by Gasteiger charge is 2.27. The van der Waals surface area contributed by atoms with Gasteiger partial charge >= 0.3 is 6.18 Å². The van der Waals surface area contributed by atoms with Gasteiger partial charge in [-0.05, 0) is 22.6 Å². The number of nitrogens with zero attached hydrogens (tertiary/aromatic N) is 1. The first kappa shape index (κ1) is 15.4. The van der Waals surface area contributed by atoms with E-state index in [-0.39, 0.29) is 12.4 Å². The van der Waals surface area contributed by atoms with E-state index in [9.17, 15) is 18.0 Å². The fourth-order valence-corrected chi connectivity index (χ4v) is 1.53. The normalized spacial score (nSPS) is 11.8. The maximum Gasteiger partial charge on any atom is 0.411 e. The average Bonchev–Trinajstić information content (AvgIpc) is 2.23. The maximum absolute atomic E-state index is 11.9. The Balaban J connectivity index is 2.75. The predicted molar refractivity (Wildman–Crippen MR) is 64.0 cm³/mol. The third kappa shape index (κ3) is 4.90. The highest BCUT2D eigenvalue weighted by molar-refractivity contribution is 14.1. The van der Waals surface area contributed by atoms with Gasteiger partial charge < -0.3 is 14.5 Å². The van der Waals surface area contributed by atoms with Crippen LogP contribution < -0.4 is 5.56 Å². The van der Waals surface area contributed by atoms with Crippen LogP contribution >= 0.6 is 22.6 Å². The van der Waals surface area contributed by atoms with Gasteiger partial charge in [0, 0.05) is 7.11 Å². The molecule has 0 saturated carbocycles. The molecule has 102 valence electrons. The van der Waals surface area contributed by atoms with Crippen molar-refractivity contribution in [3.05, 3.63) is 25.4 Å². The fraction of sp³-hybridized carbons (Fsp3) is 0.556. The van der Waals surface area contributed by atoms with E-state index >= 15 is 0 Å². The summed E-state index contributed by atoms with van der Waals surface area (Å²) in [6, 6.07) is 0. The Bertz CT molecular complexity index is 461. The number of aromatic amines is 1. The molecule has 0 aromatic carbocycles. The van der Waals surface area contributed by atoms with Gasteiger partial charge in [0.2, 0.25) is 0 Å². The molecule has 1 N–H and O–H groups in total. The summed E-state index contributed by atoms with van der Waals surface area (Å²) in [5.74, 6) is 0.0386. The van der Waals surface area contributed by atoms with Gasteiger partial charge in [0.15, 0.2) is 0 Å². The molecule has 0 aliphatic rings. The number of hydrogen-bond acceptors (Lipinski definition) is 4. The van der Waals surface area contributed by atoms with Crippen LogP contribution in [0.4, 0.5) is 13.2 Å². The predicted octanol–water partition coefficient (Wildman–Crippen LogP) is 1.60. The van der Waals surface area contributed by atoms with E-state index in [1.807, 2.05) is 0 Å². The van der Waals surface area contributed by atoms with Crippen LogP contribution in [0.5, 0.6) is 0 Å². The first-order valence-corrected chi connectivity index (χ1v) is 5.82. The SMILES string of the molecule is COCc1nc(COCC(F)(F)F)[nH]c(=O)c1I. The monoisotopic (exact) mass is 378 g/mol. The molecule has 1 aromatic heterocycles. The summed E-state index contributed by atoms with van der Waals surface area (Å²) < 4.78 is 45.2. The van der Waals surface area contributed by atoms with Gasteiger partial charge in [-0.3, -0.25) is 4.79 Å². The van der Waals surface area contributed by atoms with Gasteiger partial charge in [0.05, 0.1) is 12.3 Å². The second-order valence-electron chi connectivity index (χ2n) is 3.31. The van der Waals surface area contributed by atoms with Crippen LogP contribution in [0.1, 0.15) is 11.5 Å². The molecule has 5 nitrogen and oxygen atoms in total. The van der Waals surface area contributed by atoms with E-state index in [1.54, 1.807) is 22.6 Å². The van der Waals surface area contributed by atoms with Crippen LogP contribution in [0.15, 0.2) is 4.79 Å². The molecule has 9 heteroatoms. The first-order chi connectivity index (χ1) is 8.33. The molecule has 1 heterocycles. The van der Waals surface area contributed by atoms with E-state index in [0.717, 1.165) is 0 Å². The van der Waals surface area contributed by atoms with Gasteiger partial charge in [-0.25, -0.2) is 4.98 Å². The summed E-state index contributed by atoms with van der Waals surface area (Å²) in [4.78, 5) is 17.8. The fourth-order valence-electron chi connectivity index (χ4n) is 1.12. The standard InChI is InChI=1S/C9H10F3IN2O3/c1-17-2-5-7(13)8(16)15-6(14-5)3-18-4-9(10,11)12/h2-4H2,1H3,(H,14,15,16). The molecule has 0 aliphatic carbocycles. The minimum Gasteiger partial charge on any atom is -0.378 e. The minimum atomic E-state index is -4.40. The highest BCUT2D eigenvalue weighted by Crippen LogP contribution is 2.15. The Kier molecular flexibility index (Phi) is 5.53. The van der Waals surface area contributed by atoms with Gasteiger partial charge in [0.25, 0.3) is 5.56 Å². The lowest BCUT2D eigenvalue weighted by molar-refractivity contribution is -0.177. The van der Waals surface area contributed by atoms with Crippen LogP contribution in [0.3, 0.4) is 0 Å². The Morgan fingerprint density at radius 1 is 1.39 bits per heavy atom. The van der Waals surface area contributed by atoms with Crippen LogP contribution in [0, 0.1) is 3.57 Å². The third-order valence-corrected chi connectivity index (χ3v) is 2.88. The summed E-state index contributed by atoms with van der Waals surface area (Å²) in [6.45, 7) is -1.70. The van der Waals surface area contributed by atoms with Crippen molar-refractivity contribution in [2.45, 2.75) is 19.4 Å². The number of rotatable bonds is 5. The number of methoxy groups -OCH3 is 1. The van der Waals surface area contributed by atoms with Crippen LogP contribution in [0.25, 0.3) is 0 Å². The van der Waals surface area contributed by atoms with Gasteiger partial charge in [-0.15, -0.1) is 0 Å². The zero-order chi connectivity index (χ0) is 13.8. The van der Waals surface area contributed by atoms with Crippen molar-refractivity contribution in [2.75, 3.05) is 13.7 Å². The van der Waals surface area contributed by atoms with Crippen molar-refractivity contribution in [1.29, 1.82) is 0 Å². The third-order valence-electron chi connectivity index (χ3n) is 1.77. The lowest BCUT2D eigenvalue weighted by Gasteiger charge is -2.08. The van der Waals surface area contributed by atoms with Gasteiger partial charge in [-0.2, -0.15) is 13.2 Å². The summed E-state index contributed by atoms with van der Waals surface area (Å²) >= 11 is 1.79. The van der Waals surface area contributed by atoms with E-state index in [0.29, 0.717) is 9.26 Å². The zero-order valence-electron chi connectivity index (χ0n) is 9.31. The number of H-pyrrole nitrogens is 1. The molecule has 0 radical (unpaired) electrons. The molecule has 0 bridgehead atoms. The maximum atomic E-state index is 11.9. The Morgan fingerprint density at radius 3 is 2.61 bits per heavy atom. The molecular formula is C9H10F3IN2O3. The zero-order valence-corrected chi connectivity index (χ0v) is 11.5. The van der Waals surface area contributed by atoms with E-state index in [2.05, 4.69) is 14.7 Å². The second-order valence-corrected chi connectivity index (χ2v) is 4.39. The molecular weight excluding hydrogens is 368 g/mol. The number of aromatic nitrogens is 2. The first-order valence-electron chi connectivity index (χ1n) is 4.74. The molecule has 0 spiro atoms. The van der Waals surface area contributed by atoms with Crippen LogP contribution in [-0.2, 0) is 22.7 Å². The van der Waals surface area contributed by atoms with Crippen LogP contribution in [0.2, 0.25) is 0 Å². The van der Waals surface area contributed by atoms with Crippen LogP contribution in [-0.4, -0.2) is 29.9 Å². The summed E-state index contributed by atoms with van der Waals surface area (Å²) in [7, 11) is 1.43. The topological polar surface area (TPSA) is 64.2 Å². The highest BCUT2D eigenvalue weighted by atomic mass is 127. The average molecular weight is 378 g/mol. The number of hydrogen-bond donors (Lipinski definition) is 1. The van der Waals surface area contributed by atoms with Gasteiger partial charge in [0.1, 0.15) is 22.6 Å². The molecule has 1 rings (SSSR count). The molecule has 0 fully saturated rings. The molecule has 0 aliphatic heterocycles. The van der Waals surface area contributed by atoms with E-state index < -0.39 is 24.9 Å². The smallest absolute Gasteiger partial charge is 0.378 e. The number of ether oxygens (including phenoxy) is 2. The molecule has 0 atom stereocenters. The lowest BCUT2D eigenvalue weighted by atomic mass is 10.4. The second kappa shape index (κ2) is 6.48. The Labute approximate surface area is 114 Å². The largest absolute Gasteiger partial charge is 0.411 e. The molecule has 0 unspecified atom stereocenters. The number of halogens is 4. The van der Waals surface area contributed by atoms with Crippen molar-refractivity contribution in [3.63, 3.8) is 0 Å². The molecule has 0 amide bonds. The minimum absolute atomic E-state index is 0.0386. The Hall–Kier alpha value is -0.680. The van der Waals surface area contributed by atoms with Crippen molar-refractivity contribution in [3.8, 4) is 0 Å².